The molecule has 8 heteroatoms. The molecular formula is C19H22FIN4OS. The van der Waals surface area contributed by atoms with Crippen LogP contribution in [-0.4, -0.2) is 32.6 Å². The maximum atomic E-state index is 13.5. The molecule has 0 saturated carbocycles. The maximum absolute atomic E-state index is 13.5. The molecule has 1 amide bonds. The number of allylic oxidation sites excluding steroid dienone is 2. The second-order valence-corrected chi connectivity index (χ2v) is 10.3. The van der Waals surface area contributed by atoms with Crippen LogP contribution >= 0.6 is 34.4 Å². The summed E-state index contributed by atoms with van der Waals surface area (Å²) in [5.41, 5.74) is 12.1. The van der Waals surface area contributed by atoms with Gasteiger partial charge in [0.2, 0.25) is 5.91 Å². The van der Waals surface area contributed by atoms with Crippen LogP contribution in [0.5, 0.6) is 0 Å². The van der Waals surface area contributed by atoms with Crippen LogP contribution in [0.25, 0.3) is 0 Å². The lowest BCUT2D eigenvalue weighted by atomic mass is 9.80. The number of nitrogens with zero attached hydrogens (tertiary/aromatic N) is 2. The number of guanidine groups is 1. The van der Waals surface area contributed by atoms with Gasteiger partial charge in [0.1, 0.15) is 11.4 Å². The van der Waals surface area contributed by atoms with E-state index in [1.54, 1.807) is 37.0 Å². The van der Waals surface area contributed by atoms with Crippen molar-refractivity contribution >= 4 is 51.9 Å². The summed E-state index contributed by atoms with van der Waals surface area (Å²) in [6.45, 7) is 5.74. The first-order chi connectivity index (χ1) is 12.7. The summed E-state index contributed by atoms with van der Waals surface area (Å²) in [7, 11) is 1.64. The number of alkyl halides is 1. The molecular weight excluding hydrogens is 478 g/mol. The van der Waals surface area contributed by atoms with Crippen molar-refractivity contribution in [2.75, 3.05) is 12.8 Å². The number of anilines is 1. The van der Waals surface area contributed by atoms with E-state index in [1.165, 1.54) is 11.0 Å². The van der Waals surface area contributed by atoms with E-state index in [1.807, 2.05) is 6.92 Å². The van der Waals surface area contributed by atoms with Gasteiger partial charge in [0.25, 0.3) is 0 Å². The fraction of sp³-hybridized carbons (Fsp3) is 0.368. The Hall–Kier alpha value is -1.55. The van der Waals surface area contributed by atoms with Crippen LogP contribution in [0.15, 0.2) is 46.8 Å². The third kappa shape index (κ3) is 3.49. The first-order valence-corrected chi connectivity index (χ1v) is 10.6. The van der Waals surface area contributed by atoms with Gasteiger partial charge in [-0.2, -0.15) is 0 Å². The highest BCUT2D eigenvalue weighted by molar-refractivity contribution is 14.1. The molecule has 27 heavy (non-hydrogen) atoms. The Morgan fingerprint density at radius 1 is 1.48 bits per heavy atom. The van der Waals surface area contributed by atoms with Crippen molar-refractivity contribution in [3.05, 3.63) is 53.2 Å². The van der Waals surface area contributed by atoms with Crippen molar-refractivity contribution in [1.82, 2.24) is 4.90 Å². The minimum Gasteiger partial charge on any atom is -0.396 e. The minimum absolute atomic E-state index is 0.0425. The van der Waals surface area contributed by atoms with Gasteiger partial charge in [0, 0.05) is 17.9 Å². The largest absolute Gasteiger partial charge is 0.396 e. The molecule has 144 valence electrons. The van der Waals surface area contributed by atoms with Crippen molar-refractivity contribution in [1.29, 1.82) is 0 Å². The summed E-state index contributed by atoms with van der Waals surface area (Å²) in [5.74, 6) is -0.600. The normalized spacial score (nSPS) is 30.9. The standard InChI is InChI=1S/C19H22FIN4OS/c1-4-5-12-17(26)25(3)18(23)24-19(12,2)15-9-11(16(21)27-15)10-6-7-13(20)14(22)8-10/h4,6-9,11-12,16H,1,5,22H2,2-3H3,(H2,23,24)/t11?,12-,16?,19+/m1/s1. The molecule has 2 unspecified atom stereocenters. The van der Waals surface area contributed by atoms with Crippen LogP contribution in [0.4, 0.5) is 10.1 Å². The highest BCUT2D eigenvalue weighted by atomic mass is 127. The zero-order chi connectivity index (χ0) is 19.9. The first kappa shape index (κ1) is 20.2. The molecule has 2 aliphatic heterocycles. The van der Waals surface area contributed by atoms with Crippen LogP contribution in [0.1, 0.15) is 24.8 Å². The van der Waals surface area contributed by atoms with E-state index in [0.717, 1.165) is 10.5 Å². The quantitative estimate of drug-likeness (QED) is 0.286. The van der Waals surface area contributed by atoms with Crippen LogP contribution in [0.3, 0.4) is 0 Å². The fourth-order valence-corrected chi connectivity index (χ4v) is 6.20. The molecule has 5 nitrogen and oxygen atoms in total. The number of benzene rings is 1. The molecule has 2 heterocycles. The molecule has 1 aromatic rings. The molecule has 0 saturated heterocycles. The Balaban J connectivity index is 2.04. The molecule has 0 spiro atoms. The van der Waals surface area contributed by atoms with Gasteiger partial charge in [0.05, 0.1) is 14.9 Å². The molecule has 2 aliphatic rings. The molecule has 4 atom stereocenters. The molecule has 0 aromatic heterocycles. The van der Waals surface area contributed by atoms with Gasteiger partial charge in [-0.25, -0.2) is 9.38 Å². The molecule has 4 N–H and O–H groups in total. The second-order valence-electron chi connectivity index (χ2n) is 6.90. The van der Waals surface area contributed by atoms with Crippen LogP contribution < -0.4 is 11.5 Å². The Labute approximate surface area is 176 Å². The summed E-state index contributed by atoms with van der Waals surface area (Å²) in [6.07, 6.45) is 4.36. The van der Waals surface area contributed by atoms with E-state index in [9.17, 15) is 9.18 Å². The van der Waals surface area contributed by atoms with E-state index in [2.05, 4.69) is 35.2 Å². The van der Waals surface area contributed by atoms with Crippen LogP contribution in [0.2, 0.25) is 0 Å². The zero-order valence-electron chi connectivity index (χ0n) is 15.2. The van der Waals surface area contributed by atoms with Crippen molar-refractivity contribution in [3.63, 3.8) is 0 Å². The Kier molecular flexibility index (Phi) is 5.58. The van der Waals surface area contributed by atoms with Gasteiger partial charge in [-0.3, -0.25) is 9.69 Å². The second kappa shape index (κ2) is 7.46. The first-order valence-electron chi connectivity index (χ1n) is 8.50. The monoisotopic (exact) mass is 500 g/mol. The van der Waals surface area contributed by atoms with Crippen molar-refractivity contribution < 1.29 is 9.18 Å². The molecule has 0 fully saturated rings. The fourth-order valence-electron chi connectivity index (χ4n) is 3.48. The van der Waals surface area contributed by atoms with Crippen molar-refractivity contribution in [2.24, 2.45) is 16.6 Å². The zero-order valence-corrected chi connectivity index (χ0v) is 18.1. The van der Waals surface area contributed by atoms with E-state index >= 15 is 0 Å². The summed E-state index contributed by atoms with van der Waals surface area (Å²) in [6, 6.07) is 4.82. The average Bonchev–Trinajstić information content (AvgIpc) is 3.02. The lowest BCUT2D eigenvalue weighted by Crippen LogP contribution is -2.55. The molecule has 0 bridgehead atoms. The molecule has 0 aliphatic carbocycles. The topological polar surface area (TPSA) is 84.7 Å². The van der Waals surface area contributed by atoms with Crippen molar-refractivity contribution in [2.45, 2.75) is 28.1 Å². The number of nitrogens with two attached hydrogens (primary N) is 2. The third-order valence-electron chi connectivity index (χ3n) is 5.16. The average molecular weight is 500 g/mol. The van der Waals surface area contributed by atoms with Gasteiger partial charge in [-0.1, -0.05) is 40.8 Å². The number of amides is 1. The predicted molar refractivity (Wildman–Crippen MR) is 118 cm³/mol. The van der Waals surface area contributed by atoms with E-state index in [0.29, 0.717) is 6.42 Å². The van der Waals surface area contributed by atoms with Gasteiger partial charge < -0.3 is 11.5 Å². The Bertz CT molecular complexity index is 858. The van der Waals surface area contributed by atoms with Gasteiger partial charge >= 0.3 is 0 Å². The van der Waals surface area contributed by atoms with Gasteiger partial charge in [0.15, 0.2) is 5.96 Å². The summed E-state index contributed by atoms with van der Waals surface area (Å²) < 4.78 is 13.7. The Morgan fingerprint density at radius 3 is 2.81 bits per heavy atom. The Morgan fingerprint density at radius 2 is 2.19 bits per heavy atom. The summed E-state index contributed by atoms with van der Waals surface area (Å²) in [5, 5.41) is 0. The molecule has 1 aromatic carbocycles. The number of aliphatic imine (C=N–C) groups is 1. The van der Waals surface area contributed by atoms with E-state index in [4.69, 9.17) is 16.5 Å². The molecule has 3 rings (SSSR count). The smallest absolute Gasteiger partial charge is 0.235 e. The maximum Gasteiger partial charge on any atom is 0.235 e. The third-order valence-corrected chi connectivity index (χ3v) is 8.02. The SMILES string of the molecule is C=CC[C@@H]1C(=O)N(C)C(N)=N[C@]1(C)C1=CC(c2ccc(F)c(N)c2)C(I)S1. The number of carbonyl (C=O) groups is 1. The summed E-state index contributed by atoms with van der Waals surface area (Å²) >= 11 is 4.02. The number of halogens is 2. The molecule has 0 radical (unpaired) electrons. The van der Waals surface area contributed by atoms with Gasteiger partial charge in [-0.05, 0) is 31.0 Å². The number of thioether (sulfide) groups is 1. The predicted octanol–water partition coefficient (Wildman–Crippen LogP) is 3.62. The highest BCUT2D eigenvalue weighted by Gasteiger charge is 2.49. The highest BCUT2D eigenvalue weighted by Crippen LogP contribution is 2.53. The number of carbonyl (C=O) groups excluding carboxylic acids is 1. The van der Waals surface area contributed by atoms with Crippen LogP contribution in [-0.2, 0) is 4.79 Å². The number of rotatable bonds is 4. The number of hydrogen-bond acceptors (Lipinski definition) is 5. The van der Waals surface area contributed by atoms with E-state index in [-0.39, 0.29) is 32.6 Å². The minimum atomic E-state index is -0.754. The lowest BCUT2D eigenvalue weighted by molar-refractivity contribution is -0.133. The van der Waals surface area contributed by atoms with Crippen molar-refractivity contribution in [3.8, 4) is 0 Å². The summed E-state index contributed by atoms with van der Waals surface area (Å²) in [4.78, 5) is 19.9. The lowest BCUT2D eigenvalue weighted by Gasteiger charge is -2.40. The van der Waals surface area contributed by atoms with E-state index < -0.39 is 11.4 Å². The van der Waals surface area contributed by atoms with Crippen LogP contribution in [0, 0.1) is 11.7 Å². The van der Waals surface area contributed by atoms with Gasteiger partial charge in [-0.15, -0.1) is 18.3 Å². The number of nitrogen functional groups attached to an aromatic ring is 1. The number of hydrogen-bond donors (Lipinski definition) is 2.